The average molecular weight is 297 g/mol. The molecule has 21 heavy (non-hydrogen) atoms. The smallest absolute Gasteiger partial charge is 0.338 e. The minimum absolute atomic E-state index is 0.215. The van der Waals surface area contributed by atoms with Crippen molar-refractivity contribution in [3.8, 4) is 5.75 Å². The predicted octanol–water partition coefficient (Wildman–Crippen LogP) is 3.39. The SMILES string of the molecule is O=C(O)c1cc([N+](=O)[O-])c(OCC2CCCCC2)cc1F. The van der Waals surface area contributed by atoms with Gasteiger partial charge in [0.15, 0.2) is 5.75 Å². The van der Waals surface area contributed by atoms with Gasteiger partial charge in [0.1, 0.15) is 11.4 Å². The van der Waals surface area contributed by atoms with Crippen LogP contribution in [0.15, 0.2) is 12.1 Å². The summed E-state index contributed by atoms with van der Waals surface area (Å²) in [5, 5.41) is 19.8. The molecule has 0 spiro atoms. The highest BCUT2D eigenvalue weighted by molar-refractivity contribution is 5.89. The zero-order chi connectivity index (χ0) is 15.4. The van der Waals surface area contributed by atoms with E-state index in [0.29, 0.717) is 12.0 Å². The van der Waals surface area contributed by atoms with Gasteiger partial charge in [-0.1, -0.05) is 19.3 Å². The molecule has 1 aromatic rings. The third kappa shape index (κ3) is 3.68. The van der Waals surface area contributed by atoms with Gasteiger partial charge in [-0.25, -0.2) is 9.18 Å². The standard InChI is InChI=1S/C14H16FNO5/c15-11-7-13(21-8-9-4-2-1-3-5-9)12(16(19)20)6-10(11)14(17)18/h6-7,9H,1-5,8H2,(H,17,18). The molecule has 0 aliphatic heterocycles. The normalized spacial score (nSPS) is 15.7. The highest BCUT2D eigenvalue weighted by Gasteiger charge is 2.24. The Morgan fingerprint density at radius 2 is 2.05 bits per heavy atom. The Hall–Kier alpha value is -2.18. The van der Waals surface area contributed by atoms with Crippen molar-refractivity contribution in [3.63, 3.8) is 0 Å². The van der Waals surface area contributed by atoms with Crippen LogP contribution in [0.5, 0.6) is 5.75 Å². The number of halogens is 1. The van der Waals surface area contributed by atoms with Crippen molar-refractivity contribution >= 4 is 11.7 Å². The van der Waals surface area contributed by atoms with Crippen molar-refractivity contribution in [2.45, 2.75) is 32.1 Å². The monoisotopic (exact) mass is 297 g/mol. The first-order chi connectivity index (χ1) is 9.99. The Labute approximate surface area is 120 Å². The summed E-state index contributed by atoms with van der Waals surface area (Å²) in [6, 6.07) is 1.48. The Kier molecular flexibility index (Phi) is 4.72. The second-order valence-electron chi connectivity index (χ2n) is 5.18. The first kappa shape index (κ1) is 15.2. The molecule has 0 bridgehead atoms. The van der Waals surface area contributed by atoms with Gasteiger partial charge in [0, 0.05) is 12.1 Å². The number of nitro benzene ring substituents is 1. The van der Waals surface area contributed by atoms with Gasteiger partial charge in [-0.05, 0) is 18.8 Å². The first-order valence-corrected chi connectivity index (χ1v) is 6.83. The molecule has 6 nitrogen and oxygen atoms in total. The van der Waals surface area contributed by atoms with Crippen LogP contribution in [0.4, 0.5) is 10.1 Å². The van der Waals surface area contributed by atoms with Crippen molar-refractivity contribution < 1.29 is 24.0 Å². The molecule has 0 aromatic heterocycles. The highest BCUT2D eigenvalue weighted by Crippen LogP contribution is 2.32. The van der Waals surface area contributed by atoms with Gasteiger partial charge in [0.2, 0.25) is 0 Å². The van der Waals surface area contributed by atoms with Gasteiger partial charge in [0.25, 0.3) is 0 Å². The van der Waals surface area contributed by atoms with Gasteiger partial charge in [-0.15, -0.1) is 0 Å². The van der Waals surface area contributed by atoms with Gasteiger partial charge in [-0.2, -0.15) is 0 Å². The molecule has 1 aliphatic carbocycles. The fraction of sp³-hybridized carbons (Fsp3) is 0.500. The molecule has 0 atom stereocenters. The Balaban J connectivity index is 2.19. The molecule has 1 aromatic carbocycles. The molecule has 0 unspecified atom stereocenters. The summed E-state index contributed by atoms with van der Waals surface area (Å²) < 4.78 is 19.0. The number of carboxylic acids is 1. The van der Waals surface area contributed by atoms with E-state index in [2.05, 4.69) is 0 Å². The highest BCUT2D eigenvalue weighted by atomic mass is 19.1. The second kappa shape index (κ2) is 6.51. The van der Waals surface area contributed by atoms with Crippen LogP contribution in [0, 0.1) is 21.8 Å². The van der Waals surface area contributed by atoms with E-state index in [-0.39, 0.29) is 12.4 Å². The zero-order valence-corrected chi connectivity index (χ0v) is 11.4. The number of carbonyl (C=O) groups is 1. The largest absolute Gasteiger partial charge is 0.486 e. The van der Waals surface area contributed by atoms with Crippen LogP contribution in [0.1, 0.15) is 42.5 Å². The van der Waals surface area contributed by atoms with Crippen molar-refractivity contribution in [2.75, 3.05) is 6.61 Å². The molecule has 0 heterocycles. The molecule has 0 saturated heterocycles. The molecule has 1 saturated carbocycles. The van der Waals surface area contributed by atoms with Crippen molar-refractivity contribution in [2.24, 2.45) is 5.92 Å². The number of nitrogens with zero attached hydrogens (tertiary/aromatic N) is 1. The molecule has 0 radical (unpaired) electrons. The molecule has 1 fully saturated rings. The molecule has 114 valence electrons. The van der Waals surface area contributed by atoms with E-state index in [1.807, 2.05) is 0 Å². The lowest BCUT2D eigenvalue weighted by atomic mass is 9.90. The van der Waals surface area contributed by atoms with Crippen LogP contribution in [-0.2, 0) is 0 Å². The van der Waals surface area contributed by atoms with Gasteiger partial charge >= 0.3 is 11.7 Å². The van der Waals surface area contributed by atoms with Crippen LogP contribution in [0.3, 0.4) is 0 Å². The lowest BCUT2D eigenvalue weighted by Crippen LogP contribution is -2.16. The van der Waals surface area contributed by atoms with Crippen molar-refractivity contribution in [1.82, 2.24) is 0 Å². The number of hydrogen-bond acceptors (Lipinski definition) is 4. The summed E-state index contributed by atoms with van der Waals surface area (Å²) in [6.07, 6.45) is 5.36. The van der Waals surface area contributed by atoms with E-state index in [0.717, 1.165) is 31.7 Å². The first-order valence-electron chi connectivity index (χ1n) is 6.83. The minimum Gasteiger partial charge on any atom is -0.486 e. The van der Waals surface area contributed by atoms with Crippen molar-refractivity contribution in [3.05, 3.63) is 33.6 Å². The minimum atomic E-state index is -1.55. The second-order valence-corrected chi connectivity index (χ2v) is 5.18. The fourth-order valence-electron chi connectivity index (χ4n) is 2.53. The summed E-state index contributed by atoms with van der Waals surface area (Å²) in [6.45, 7) is 0.284. The Morgan fingerprint density at radius 1 is 1.38 bits per heavy atom. The lowest BCUT2D eigenvalue weighted by molar-refractivity contribution is -0.386. The van der Waals surface area contributed by atoms with Crippen LogP contribution < -0.4 is 4.74 Å². The number of nitro groups is 1. The average Bonchev–Trinajstić information content (AvgIpc) is 2.45. The van der Waals surface area contributed by atoms with Crippen LogP contribution in [0.25, 0.3) is 0 Å². The van der Waals surface area contributed by atoms with Gasteiger partial charge < -0.3 is 9.84 Å². The Bertz CT molecular complexity index is 555. The number of aromatic carboxylic acids is 1. The quantitative estimate of drug-likeness (QED) is 0.664. The number of hydrogen-bond donors (Lipinski definition) is 1. The van der Waals surface area contributed by atoms with E-state index in [1.165, 1.54) is 6.42 Å². The Morgan fingerprint density at radius 3 is 2.62 bits per heavy atom. The molecule has 7 heteroatoms. The van der Waals surface area contributed by atoms with Crippen molar-refractivity contribution in [1.29, 1.82) is 0 Å². The van der Waals surface area contributed by atoms with Crippen LogP contribution in [0.2, 0.25) is 0 Å². The molecular weight excluding hydrogens is 281 g/mol. The molecular formula is C14H16FNO5. The maximum atomic E-state index is 13.6. The topological polar surface area (TPSA) is 89.7 Å². The number of rotatable bonds is 5. The van der Waals surface area contributed by atoms with E-state index in [9.17, 15) is 19.3 Å². The van der Waals surface area contributed by atoms with E-state index >= 15 is 0 Å². The molecule has 0 amide bonds. The van der Waals surface area contributed by atoms with Crippen LogP contribution >= 0.6 is 0 Å². The third-order valence-electron chi connectivity index (χ3n) is 3.68. The summed E-state index contributed by atoms with van der Waals surface area (Å²) in [7, 11) is 0. The van der Waals surface area contributed by atoms with E-state index in [4.69, 9.17) is 9.84 Å². The summed E-state index contributed by atoms with van der Waals surface area (Å²) >= 11 is 0. The molecule has 2 rings (SSSR count). The molecule has 1 aliphatic rings. The lowest BCUT2D eigenvalue weighted by Gasteiger charge is -2.21. The maximum absolute atomic E-state index is 13.6. The van der Waals surface area contributed by atoms with Gasteiger partial charge in [-0.3, -0.25) is 10.1 Å². The third-order valence-corrected chi connectivity index (χ3v) is 3.68. The van der Waals surface area contributed by atoms with E-state index in [1.54, 1.807) is 0 Å². The number of benzene rings is 1. The number of carboxylic acid groups (broad SMARTS) is 1. The predicted molar refractivity (Wildman–Crippen MR) is 72.1 cm³/mol. The summed E-state index contributed by atoms with van der Waals surface area (Å²) in [4.78, 5) is 21.0. The number of ether oxygens (including phenoxy) is 1. The van der Waals surface area contributed by atoms with E-state index < -0.39 is 28.0 Å². The zero-order valence-electron chi connectivity index (χ0n) is 11.4. The summed E-state index contributed by atoms with van der Waals surface area (Å²) in [5.41, 5.74) is -1.25. The maximum Gasteiger partial charge on any atom is 0.338 e. The molecule has 1 N–H and O–H groups in total. The fourth-order valence-corrected chi connectivity index (χ4v) is 2.53. The van der Waals surface area contributed by atoms with Crippen LogP contribution in [-0.4, -0.2) is 22.6 Å². The van der Waals surface area contributed by atoms with Gasteiger partial charge in [0.05, 0.1) is 11.5 Å². The summed E-state index contributed by atoms with van der Waals surface area (Å²) in [5.74, 6) is -2.49.